The van der Waals surface area contributed by atoms with Crippen LogP contribution in [0, 0.1) is 5.92 Å². The van der Waals surface area contributed by atoms with Crippen molar-refractivity contribution >= 4 is 17.5 Å². The lowest BCUT2D eigenvalue weighted by molar-refractivity contribution is -0.126. The summed E-state index contributed by atoms with van der Waals surface area (Å²) in [7, 11) is 0. The first kappa shape index (κ1) is 19.6. The number of carbonyl (C=O) groups excluding carboxylic acids is 1. The predicted octanol–water partition coefficient (Wildman–Crippen LogP) is 3.57. The highest BCUT2D eigenvalue weighted by Gasteiger charge is 2.25. The second-order valence-electron chi connectivity index (χ2n) is 7.26. The predicted molar refractivity (Wildman–Crippen MR) is 110 cm³/mol. The molecule has 0 fully saturated rings. The van der Waals surface area contributed by atoms with Crippen molar-refractivity contribution in [2.75, 3.05) is 6.61 Å². The van der Waals surface area contributed by atoms with Gasteiger partial charge >= 0.3 is 0 Å². The zero-order chi connectivity index (χ0) is 20.1. The minimum Gasteiger partial charge on any atom is -0.373 e. The highest BCUT2D eigenvalue weighted by atomic mass is 35.5. The molecule has 0 saturated carbocycles. The van der Waals surface area contributed by atoms with Crippen LogP contribution >= 0.6 is 11.6 Å². The Morgan fingerprint density at radius 1 is 1.17 bits per heavy atom. The Morgan fingerprint density at radius 3 is 2.86 bits per heavy atom. The molecule has 4 rings (SSSR count). The summed E-state index contributed by atoms with van der Waals surface area (Å²) in [5, 5.41) is 12.0. The van der Waals surface area contributed by atoms with Crippen molar-refractivity contribution in [2.45, 2.75) is 32.0 Å². The van der Waals surface area contributed by atoms with E-state index in [0.29, 0.717) is 37.6 Å². The summed E-state index contributed by atoms with van der Waals surface area (Å²) in [6.07, 6.45) is 2.98. The van der Waals surface area contributed by atoms with Crippen LogP contribution in [-0.4, -0.2) is 27.5 Å². The third kappa shape index (κ3) is 5.02. The van der Waals surface area contributed by atoms with Crippen LogP contribution in [0.2, 0.25) is 5.02 Å². The zero-order valence-electron chi connectivity index (χ0n) is 16.0. The van der Waals surface area contributed by atoms with E-state index in [2.05, 4.69) is 15.6 Å². The average Bonchev–Trinajstić information content (AvgIpc) is 3.17. The summed E-state index contributed by atoms with van der Waals surface area (Å²) >= 11 is 6.14. The molecule has 0 unspecified atom stereocenters. The van der Waals surface area contributed by atoms with E-state index >= 15 is 0 Å². The lowest BCUT2D eigenvalue weighted by Gasteiger charge is -2.23. The topological polar surface area (TPSA) is 69.0 Å². The highest BCUT2D eigenvalue weighted by molar-refractivity contribution is 6.30. The Labute approximate surface area is 174 Å². The molecule has 1 N–H and O–H groups in total. The molecule has 150 valence electrons. The number of ether oxygens (including phenoxy) is 1. The number of halogens is 1. The van der Waals surface area contributed by atoms with Crippen molar-refractivity contribution in [2.24, 2.45) is 5.92 Å². The van der Waals surface area contributed by atoms with Crippen LogP contribution in [0.5, 0.6) is 0 Å². The smallest absolute Gasteiger partial charge is 0.224 e. The summed E-state index contributed by atoms with van der Waals surface area (Å²) < 4.78 is 7.72. The molecular weight excluding hydrogens is 388 g/mol. The van der Waals surface area contributed by atoms with Gasteiger partial charge in [-0.15, -0.1) is 5.10 Å². The van der Waals surface area contributed by atoms with Gasteiger partial charge in [0.05, 0.1) is 31.1 Å². The largest absolute Gasteiger partial charge is 0.373 e. The van der Waals surface area contributed by atoms with Crippen molar-refractivity contribution < 1.29 is 9.53 Å². The van der Waals surface area contributed by atoms with Crippen LogP contribution in [0.25, 0.3) is 0 Å². The van der Waals surface area contributed by atoms with E-state index in [0.717, 1.165) is 16.8 Å². The number of fused-ring (bicyclic) bond motifs is 1. The number of nitrogens with one attached hydrogen (secondary N) is 1. The molecule has 3 aromatic rings. The lowest BCUT2D eigenvalue weighted by Crippen LogP contribution is -2.37. The van der Waals surface area contributed by atoms with Crippen LogP contribution in [-0.2, 0) is 29.1 Å². The van der Waals surface area contributed by atoms with Gasteiger partial charge in [0.1, 0.15) is 0 Å². The number of aromatic nitrogens is 3. The van der Waals surface area contributed by atoms with Crippen molar-refractivity contribution in [3.8, 4) is 0 Å². The van der Waals surface area contributed by atoms with Gasteiger partial charge in [0.2, 0.25) is 5.91 Å². The van der Waals surface area contributed by atoms with Gasteiger partial charge in [-0.3, -0.25) is 4.79 Å². The van der Waals surface area contributed by atoms with Crippen LogP contribution in [0.4, 0.5) is 0 Å². The van der Waals surface area contributed by atoms with E-state index in [-0.39, 0.29) is 17.9 Å². The van der Waals surface area contributed by atoms with Crippen molar-refractivity contribution in [1.82, 2.24) is 20.3 Å². The number of amides is 1. The molecule has 1 aliphatic heterocycles. The quantitative estimate of drug-likeness (QED) is 0.716. The first-order valence-corrected chi connectivity index (χ1v) is 10.1. The normalized spacial score (nSPS) is 20.4. The van der Waals surface area contributed by atoms with Crippen LogP contribution in [0.15, 0.2) is 60.8 Å². The Kier molecular flexibility index (Phi) is 6.22. The first-order valence-electron chi connectivity index (χ1n) is 9.74. The van der Waals surface area contributed by atoms with Crippen molar-refractivity contribution in [3.63, 3.8) is 0 Å². The maximum absolute atomic E-state index is 13.2. The van der Waals surface area contributed by atoms with Gasteiger partial charge in [-0.1, -0.05) is 59.3 Å². The second kappa shape index (κ2) is 9.20. The lowest BCUT2D eigenvalue weighted by atomic mass is 9.94. The molecule has 7 heteroatoms. The van der Waals surface area contributed by atoms with E-state index in [4.69, 9.17) is 16.3 Å². The Balaban J connectivity index is 1.60. The van der Waals surface area contributed by atoms with Gasteiger partial charge in [0.25, 0.3) is 0 Å². The molecule has 0 radical (unpaired) electrons. The summed E-state index contributed by atoms with van der Waals surface area (Å²) in [6, 6.07) is 17.4. The first-order chi connectivity index (χ1) is 14.2. The molecule has 2 atom stereocenters. The van der Waals surface area contributed by atoms with E-state index in [1.165, 1.54) is 0 Å². The third-order valence-corrected chi connectivity index (χ3v) is 5.42. The summed E-state index contributed by atoms with van der Waals surface area (Å²) in [6.45, 7) is 1.39. The number of hydrogen-bond donors (Lipinski definition) is 1. The third-order valence-electron chi connectivity index (χ3n) is 5.18. The van der Waals surface area contributed by atoms with Crippen molar-refractivity contribution in [3.05, 3.63) is 82.6 Å². The average molecular weight is 411 g/mol. The van der Waals surface area contributed by atoms with E-state index in [9.17, 15) is 4.79 Å². The Bertz CT molecular complexity index is 960. The molecule has 29 heavy (non-hydrogen) atoms. The maximum atomic E-state index is 13.2. The Hall–Kier alpha value is -2.70. The number of hydrogen-bond acceptors (Lipinski definition) is 4. The molecule has 2 aromatic carbocycles. The number of carbonyl (C=O) groups is 1. The molecular formula is C22H23ClN4O2. The number of aryl methyl sites for hydroxylation is 1. The van der Waals surface area contributed by atoms with Gasteiger partial charge < -0.3 is 10.1 Å². The zero-order valence-corrected chi connectivity index (χ0v) is 16.8. The maximum Gasteiger partial charge on any atom is 0.224 e. The second-order valence-corrected chi connectivity index (χ2v) is 7.69. The van der Waals surface area contributed by atoms with E-state index in [1.54, 1.807) is 6.20 Å². The highest BCUT2D eigenvalue weighted by Crippen LogP contribution is 2.21. The Morgan fingerprint density at radius 2 is 2.03 bits per heavy atom. The fourth-order valence-corrected chi connectivity index (χ4v) is 3.82. The van der Waals surface area contributed by atoms with E-state index < -0.39 is 0 Å². The summed E-state index contributed by atoms with van der Waals surface area (Å²) in [5.74, 6) is -0.208. The van der Waals surface area contributed by atoms with Crippen LogP contribution in [0.3, 0.4) is 0 Å². The molecule has 1 amide bonds. The molecule has 0 spiro atoms. The molecule has 1 aliphatic rings. The minimum absolute atomic E-state index is 0.00555. The number of benzene rings is 2. The SMILES string of the molecule is O=C1N[C@@H](c2ccccc2)COCc2cnnn2CC[C@H]1Cc1cccc(Cl)c1. The number of nitrogens with zero attached hydrogens (tertiary/aromatic N) is 3. The van der Waals surface area contributed by atoms with Gasteiger partial charge in [-0.05, 0) is 36.1 Å². The van der Waals surface area contributed by atoms with Crippen LogP contribution < -0.4 is 5.32 Å². The number of rotatable bonds is 3. The molecule has 0 aliphatic carbocycles. The standard InChI is InChI=1S/C22H23ClN4O2/c23-19-8-4-5-16(12-19)11-18-9-10-27-20(13-24-26-27)14-29-15-21(25-22(18)28)17-6-2-1-3-7-17/h1-8,12-13,18,21H,9-11,14-15H2,(H,25,28)/t18-,21+/m0/s1. The van der Waals surface area contributed by atoms with Crippen molar-refractivity contribution in [1.29, 1.82) is 0 Å². The fourth-order valence-electron chi connectivity index (χ4n) is 3.61. The monoisotopic (exact) mass is 410 g/mol. The molecule has 2 heterocycles. The van der Waals surface area contributed by atoms with Gasteiger partial charge in [-0.2, -0.15) is 0 Å². The summed E-state index contributed by atoms with van der Waals surface area (Å²) in [5.41, 5.74) is 2.97. The van der Waals surface area contributed by atoms with Gasteiger partial charge in [0, 0.05) is 17.5 Å². The summed E-state index contributed by atoms with van der Waals surface area (Å²) in [4.78, 5) is 13.2. The fraction of sp³-hybridized carbons (Fsp3) is 0.318. The van der Waals surface area contributed by atoms with Gasteiger partial charge in [-0.25, -0.2) is 4.68 Å². The molecule has 0 bridgehead atoms. The molecule has 0 saturated heterocycles. The minimum atomic E-state index is -0.215. The molecule has 1 aromatic heterocycles. The van der Waals surface area contributed by atoms with Gasteiger partial charge in [0.15, 0.2) is 0 Å². The van der Waals surface area contributed by atoms with E-state index in [1.807, 2.05) is 59.3 Å². The van der Waals surface area contributed by atoms with Crippen LogP contribution in [0.1, 0.15) is 29.3 Å². The molecule has 6 nitrogen and oxygen atoms in total.